The molecule has 2 aromatic rings. The molecule has 0 spiro atoms. The van der Waals surface area contributed by atoms with E-state index < -0.39 is 0 Å². The standard InChI is InChI=1S/C18H31N5S2/c1-3-5-7-9-11-13-15-19-21-17(24)23(15)18-22-20-16(25-18)14-12-10-8-6-4-2/h3-14H2,1-2H3,(H,21,24). The summed E-state index contributed by atoms with van der Waals surface area (Å²) in [5.41, 5.74) is 0. The summed E-state index contributed by atoms with van der Waals surface area (Å²) in [6, 6.07) is 0. The van der Waals surface area contributed by atoms with E-state index in [1.165, 1.54) is 57.8 Å². The first kappa shape index (κ1) is 20.2. The van der Waals surface area contributed by atoms with Crippen LogP contribution in [0.2, 0.25) is 0 Å². The van der Waals surface area contributed by atoms with Crippen LogP contribution in [-0.4, -0.2) is 25.0 Å². The van der Waals surface area contributed by atoms with E-state index in [1.807, 2.05) is 4.57 Å². The van der Waals surface area contributed by atoms with Crippen LogP contribution in [0.4, 0.5) is 0 Å². The van der Waals surface area contributed by atoms with Crippen LogP contribution in [0.3, 0.4) is 0 Å². The van der Waals surface area contributed by atoms with Crippen molar-refractivity contribution >= 4 is 23.6 Å². The monoisotopic (exact) mass is 381 g/mol. The molecule has 1 N–H and O–H groups in total. The highest BCUT2D eigenvalue weighted by atomic mass is 32.1. The molecule has 0 aliphatic carbocycles. The van der Waals surface area contributed by atoms with Crippen LogP contribution in [-0.2, 0) is 12.8 Å². The molecular formula is C18H31N5S2. The first-order chi connectivity index (χ1) is 12.3. The van der Waals surface area contributed by atoms with Gasteiger partial charge in [0, 0.05) is 12.8 Å². The van der Waals surface area contributed by atoms with Crippen LogP contribution in [0.25, 0.3) is 5.13 Å². The van der Waals surface area contributed by atoms with Crippen molar-refractivity contribution in [1.82, 2.24) is 25.0 Å². The van der Waals surface area contributed by atoms with Gasteiger partial charge in [0.25, 0.3) is 0 Å². The van der Waals surface area contributed by atoms with E-state index in [4.69, 9.17) is 12.2 Å². The van der Waals surface area contributed by atoms with Crippen LogP contribution >= 0.6 is 23.6 Å². The number of hydrogen-bond acceptors (Lipinski definition) is 5. The van der Waals surface area contributed by atoms with Gasteiger partial charge >= 0.3 is 0 Å². The lowest BCUT2D eigenvalue weighted by Crippen LogP contribution is -2.01. The molecule has 25 heavy (non-hydrogen) atoms. The highest BCUT2D eigenvalue weighted by Gasteiger charge is 2.13. The van der Waals surface area contributed by atoms with E-state index in [0.29, 0.717) is 4.77 Å². The van der Waals surface area contributed by atoms with Gasteiger partial charge in [-0.1, -0.05) is 76.6 Å². The van der Waals surface area contributed by atoms with Crippen molar-refractivity contribution < 1.29 is 0 Å². The van der Waals surface area contributed by atoms with Crippen LogP contribution in [0.1, 0.15) is 88.9 Å². The summed E-state index contributed by atoms with van der Waals surface area (Å²) < 4.78 is 2.59. The summed E-state index contributed by atoms with van der Waals surface area (Å²) in [6.07, 6.45) is 14.6. The largest absolute Gasteiger partial charge is 0.251 e. The Morgan fingerprint density at radius 3 is 2.20 bits per heavy atom. The Bertz CT molecular complexity index is 658. The highest BCUT2D eigenvalue weighted by Crippen LogP contribution is 2.20. The summed E-state index contributed by atoms with van der Waals surface area (Å²) >= 11 is 7.05. The molecule has 0 fully saturated rings. The number of rotatable bonds is 13. The van der Waals surface area contributed by atoms with Gasteiger partial charge in [-0.15, -0.1) is 10.2 Å². The average Bonchev–Trinajstić information content (AvgIpc) is 3.21. The Morgan fingerprint density at radius 1 is 0.880 bits per heavy atom. The number of aromatic amines is 1. The van der Waals surface area contributed by atoms with Crippen molar-refractivity contribution in [2.75, 3.05) is 0 Å². The smallest absolute Gasteiger partial charge is 0.220 e. The van der Waals surface area contributed by atoms with Crippen LogP contribution in [0.5, 0.6) is 0 Å². The molecule has 0 atom stereocenters. The van der Waals surface area contributed by atoms with Gasteiger partial charge in [0.05, 0.1) is 0 Å². The summed E-state index contributed by atoms with van der Waals surface area (Å²) in [5.74, 6) is 0.979. The Morgan fingerprint density at radius 2 is 1.52 bits per heavy atom. The van der Waals surface area contributed by atoms with Gasteiger partial charge in [0.1, 0.15) is 10.8 Å². The summed E-state index contributed by atoms with van der Waals surface area (Å²) in [6.45, 7) is 4.48. The molecule has 7 heteroatoms. The molecule has 2 rings (SSSR count). The molecule has 0 aliphatic heterocycles. The van der Waals surface area contributed by atoms with Crippen molar-refractivity contribution in [2.45, 2.75) is 90.9 Å². The second-order valence-electron chi connectivity index (χ2n) is 6.59. The second kappa shape index (κ2) is 11.5. The topological polar surface area (TPSA) is 59.4 Å². The lowest BCUT2D eigenvalue weighted by Gasteiger charge is -2.02. The summed E-state index contributed by atoms with van der Waals surface area (Å²) in [4.78, 5) is 0. The molecule has 5 nitrogen and oxygen atoms in total. The Labute approximate surface area is 160 Å². The van der Waals surface area contributed by atoms with Gasteiger partial charge in [0.15, 0.2) is 0 Å². The molecule has 0 aliphatic rings. The van der Waals surface area contributed by atoms with Crippen molar-refractivity contribution in [2.24, 2.45) is 0 Å². The Hall–Kier alpha value is -1.08. The van der Waals surface area contributed by atoms with E-state index in [0.717, 1.165) is 35.2 Å². The van der Waals surface area contributed by atoms with E-state index in [9.17, 15) is 0 Å². The predicted molar refractivity (Wildman–Crippen MR) is 107 cm³/mol. The molecule has 140 valence electrons. The zero-order valence-corrected chi connectivity index (χ0v) is 17.2. The maximum atomic E-state index is 5.40. The fraction of sp³-hybridized carbons (Fsp3) is 0.778. The van der Waals surface area contributed by atoms with Gasteiger partial charge in [-0.25, -0.2) is 4.57 Å². The third-order valence-electron chi connectivity index (χ3n) is 4.39. The summed E-state index contributed by atoms with van der Waals surface area (Å²) in [7, 11) is 0. The van der Waals surface area contributed by atoms with Crippen LogP contribution in [0.15, 0.2) is 0 Å². The molecule has 0 saturated carbocycles. The molecular weight excluding hydrogens is 350 g/mol. The Kier molecular flexibility index (Phi) is 9.32. The predicted octanol–water partition coefficient (Wildman–Crippen LogP) is 5.81. The van der Waals surface area contributed by atoms with Crippen molar-refractivity contribution in [1.29, 1.82) is 0 Å². The van der Waals surface area contributed by atoms with Crippen molar-refractivity contribution in [3.8, 4) is 5.13 Å². The molecule has 0 radical (unpaired) electrons. The molecule has 0 aromatic carbocycles. The molecule has 2 heterocycles. The van der Waals surface area contributed by atoms with Crippen LogP contribution in [0, 0.1) is 4.77 Å². The molecule has 0 unspecified atom stereocenters. The third kappa shape index (κ3) is 6.62. The van der Waals surface area contributed by atoms with Gasteiger partial charge in [-0.05, 0) is 25.1 Å². The highest BCUT2D eigenvalue weighted by molar-refractivity contribution is 7.71. The number of nitrogens with zero attached hydrogens (tertiary/aromatic N) is 4. The zero-order chi connectivity index (χ0) is 17.9. The SMILES string of the molecule is CCCCCCCc1nnc(-n2c(CCCCCCC)n[nH]c2=S)s1. The second-order valence-corrected chi connectivity index (χ2v) is 8.01. The minimum absolute atomic E-state index is 0.620. The minimum atomic E-state index is 0.620. The number of aryl methyl sites for hydroxylation is 2. The number of nitrogens with one attached hydrogen (secondary N) is 1. The Balaban J connectivity index is 1.90. The van der Waals surface area contributed by atoms with E-state index in [-0.39, 0.29) is 0 Å². The first-order valence-electron chi connectivity index (χ1n) is 9.75. The number of aromatic nitrogens is 5. The molecule has 2 aromatic heterocycles. The van der Waals surface area contributed by atoms with E-state index in [1.54, 1.807) is 11.3 Å². The number of H-pyrrole nitrogens is 1. The maximum absolute atomic E-state index is 5.40. The van der Waals surface area contributed by atoms with Gasteiger partial charge in [-0.2, -0.15) is 5.10 Å². The van der Waals surface area contributed by atoms with Crippen molar-refractivity contribution in [3.05, 3.63) is 15.6 Å². The first-order valence-corrected chi connectivity index (χ1v) is 11.0. The lowest BCUT2D eigenvalue weighted by atomic mass is 10.1. The number of unbranched alkanes of at least 4 members (excludes halogenated alkanes) is 8. The van der Waals surface area contributed by atoms with Crippen LogP contribution < -0.4 is 0 Å². The molecule has 0 saturated heterocycles. The normalized spacial score (nSPS) is 11.3. The maximum Gasteiger partial charge on any atom is 0.220 e. The van der Waals surface area contributed by atoms with Gasteiger partial charge in [-0.3, -0.25) is 5.10 Å². The fourth-order valence-electron chi connectivity index (χ4n) is 2.90. The lowest BCUT2D eigenvalue weighted by molar-refractivity contribution is 0.618. The molecule has 0 amide bonds. The van der Waals surface area contributed by atoms with E-state index in [2.05, 4.69) is 34.2 Å². The zero-order valence-electron chi connectivity index (χ0n) is 15.6. The number of hydrogen-bond donors (Lipinski definition) is 1. The molecule has 0 bridgehead atoms. The van der Waals surface area contributed by atoms with Gasteiger partial charge < -0.3 is 0 Å². The van der Waals surface area contributed by atoms with Gasteiger partial charge in [0.2, 0.25) is 9.90 Å². The van der Waals surface area contributed by atoms with Crippen molar-refractivity contribution in [3.63, 3.8) is 0 Å². The fourth-order valence-corrected chi connectivity index (χ4v) is 4.10. The third-order valence-corrected chi connectivity index (χ3v) is 5.63. The quantitative estimate of drug-likeness (QED) is 0.351. The average molecular weight is 382 g/mol. The summed E-state index contributed by atoms with van der Waals surface area (Å²) in [5, 5.41) is 18.0. The minimum Gasteiger partial charge on any atom is -0.251 e. The van der Waals surface area contributed by atoms with E-state index >= 15 is 0 Å².